The van der Waals surface area contributed by atoms with Crippen LogP contribution in [0.15, 0.2) is 53.1 Å². The Hall–Kier alpha value is -3.64. The molecule has 0 radical (unpaired) electrons. The summed E-state index contributed by atoms with van der Waals surface area (Å²) in [4.78, 5) is 24.8. The smallest absolute Gasteiger partial charge is 0.234 e. The molecule has 0 aromatic heterocycles. The average molecular weight is 454 g/mol. The molecule has 3 rings (SSSR count). The number of hydrogen-bond donors (Lipinski definition) is 2. The fourth-order valence-corrected chi connectivity index (χ4v) is 4.25. The molecule has 2 aromatic rings. The van der Waals surface area contributed by atoms with Crippen LogP contribution >= 0.6 is 11.8 Å². The lowest BCUT2D eigenvalue weighted by molar-refractivity contribution is -0.121. The fraction of sp³-hybridized carbons (Fsp3) is 0.261. The number of nitrogens with zero attached hydrogens (tertiary/aromatic N) is 1. The van der Waals surface area contributed by atoms with Crippen LogP contribution in [0.2, 0.25) is 0 Å². The lowest BCUT2D eigenvalue weighted by Crippen LogP contribution is -2.31. The molecule has 0 unspecified atom stereocenters. The van der Waals surface area contributed by atoms with Gasteiger partial charge >= 0.3 is 0 Å². The topological polar surface area (TPSA) is 110 Å². The maximum absolute atomic E-state index is 12.4. The minimum atomic E-state index is -0.512. The molecule has 32 heavy (non-hydrogen) atoms. The third kappa shape index (κ3) is 5.15. The van der Waals surface area contributed by atoms with Crippen molar-refractivity contribution in [2.75, 3.05) is 32.4 Å². The molecule has 0 bridgehead atoms. The molecule has 1 atom stereocenters. The molecule has 0 spiro atoms. The number of allylic oxidation sites excluding steroid dienone is 1. The summed E-state index contributed by atoms with van der Waals surface area (Å²) in [6.45, 7) is 0. The van der Waals surface area contributed by atoms with E-state index in [2.05, 4.69) is 16.7 Å². The zero-order valence-electron chi connectivity index (χ0n) is 17.9. The van der Waals surface area contributed by atoms with E-state index in [9.17, 15) is 14.9 Å². The summed E-state index contributed by atoms with van der Waals surface area (Å²) < 4.78 is 16.2. The van der Waals surface area contributed by atoms with Crippen molar-refractivity contribution in [1.29, 1.82) is 5.26 Å². The molecule has 0 aliphatic carbocycles. The van der Waals surface area contributed by atoms with Crippen molar-refractivity contribution in [1.82, 2.24) is 5.32 Å². The number of ether oxygens (including phenoxy) is 3. The molecule has 166 valence electrons. The number of para-hydroxylation sites is 1. The van der Waals surface area contributed by atoms with Gasteiger partial charge in [0.15, 0.2) is 11.5 Å². The first-order valence-electron chi connectivity index (χ1n) is 9.72. The first-order valence-corrected chi connectivity index (χ1v) is 10.7. The van der Waals surface area contributed by atoms with Crippen molar-refractivity contribution in [3.05, 3.63) is 58.6 Å². The quantitative estimate of drug-likeness (QED) is 0.630. The Bertz CT molecular complexity index is 1050. The van der Waals surface area contributed by atoms with Crippen LogP contribution in [0.1, 0.15) is 17.9 Å². The first kappa shape index (κ1) is 23.0. The number of carbonyl (C=O) groups excluding carboxylic acids is 2. The highest BCUT2D eigenvalue weighted by Gasteiger charge is 2.31. The van der Waals surface area contributed by atoms with Gasteiger partial charge in [-0.15, -0.1) is 0 Å². The third-order valence-corrected chi connectivity index (χ3v) is 5.87. The Labute approximate surface area is 190 Å². The third-order valence-electron chi connectivity index (χ3n) is 4.85. The number of hydrogen-bond acceptors (Lipinski definition) is 7. The lowest BCUT2D eigenvalue weighted by atomic mass is 9.86. The molecule has 2 amide bonds. The van der Waals surface area contributed by atoms with Gasteiger partial charge in [-0.1, -0.05) is 30.0 Å². The van der Waals surface area contributed by atoms with Gasteiger partial charge in [-0.3, -0.25) is 9.59 Å². The summed E-state index contributed by atoms with van der Waals surface area (Å²) in [5, 5.41) is 15.8. The van der Waals surface area contributed by atoms with E-state index in [4.69, 9.17) is 14.2 Å². The Kier molecular flexibility index (Phi) is 7.63. The number of methoxy groups -OCH3 is 3. The Morgan fingerprint density at radius 2 is 1.81 bits per heavy atom. The molecule has 1 aliphatic rings. The van der Waals surface area contributed by atoms with E-state index in [1.807, 2.05) is 18.2 Å². The summed E-state index contributed by atoms with van der Waals surface area (Å²) in [5.74, 6) is 0.334. The predicted molar refractivity (Wildman–Crippen MR) is 122 cm³/mol. The van der Waals surface area contributed by atoms with Crippen LogP contribution in [-0.4, -0.2) is 38.9 Å². The minimum Gasteiger partial charge on any atom is -0.493 e. The Morgan fingerprint density at radius 3 is 2.38 bits per heavy atom. The van der Waals surface area contributed by atoms with E-state index in [-0.39, 0.29) is 24.0 Å². The summed E-state index contributed by atoms with van der Waals surface area (Å²) >= 11 is 1.11. The molecule has 2 aromatic carbocycles. The van der Waals surface area contributed by atoms with Gasteiger partial charge < -0.3 is 24.8 Å². The second kappa shape index (κ2) is 10.6. The number of amides is 2. The van der Waals surface area contributed by atoms with Crippen molar-refractivity contribution in [3.8, 4) is 23.3 Å². The van der Waals surface area contributed by atoms with Gasteiger partial charge in [0, 0.05) is 18.0 Å². The summed E-state index contributed by atoms with van der Waals surface area (Å²) in [7, 11) is 4.51. The van der Waals surface area contributed by atoms with Gasteiger partial charge in [0.2, 0.25) is 17.6 Å². The van der Waals surface area contributed by atoms with Gasteiger partial charge in [0.1, 0.15) is 0 Å². The van der Waals surface area contributed by atoms with Gasteiger partial charge in [-0.25, -0.2) is 0 Å². The molecule has 2 N–H and O–H groups in total. The minimum absolute atomic E-state index is 0.0393. The molecule has 1 heterocycles. The normalized spacial score (nSPS) is 15.4. The Balaban J connectivity index is 1.87. The largest absolute Gasteiger partial charge is 0.493 e. The second-order valence-electron chi connectivity index (χ2n) is 6.82. The van der Waals surface area contributed by atoms with E-state index in [1.165, 1.54) is 21.3 Å². The van der Waals surface area contributed by atoms with Crippen molar-refractivity contribution in [3.63, 3.8) is 0 Å². The molecule has 9 heteroatoms. The summed E-state index contributed by atoms with van der Waals surface area (Å²) in [6, 6.07) is 14.7. The number of carbonyl (C=O) groups is 2. The van der Waals surface area contributed by atoms with Gasteiger partial charge in [-0.2, -0.15) is 5.26 Å². The molecule has 0 saturated heterocycles. The molecule has 8 nitrogen and oxygen atoms in total. The first-order chi connectivity index (χ1) is 15.5. The highest BCUT2D eigenvalue weighted by atomic mass is 32.2. The van der Waals surface area contributed by atoms with Crippen molar-refractivity contribution >= 4 is 29.3 Å². The second-order valence-corrected chi connectivity index (χ2v) is 7.81. The van der Waals surface area contributed by atoms with Crippen LogP contribution < -0.4 is 24.8 Å². The van der Waals surface area contributed by atoms with Crippen LogP contribution in [0.5, 0.6) is 17.2 Å². The van der Waals surface area contributed by atoms with Gasteiger partial charge in [0.25, 0.3) is 0 Å². The van der Waals surface area contributed by atoms with E-state index in [0.717, 1.165) is 11.8 Å². The van der Waals surface area contributed by atoms with E-state index < -0.39 is 5.92 Å². The molecular weight excluding hydrogens is 430 g/mol. The van der Waals surface area contributed by atoms with Gasteiger partial charge in [-0.05, 0) is 29.8 Å². The van der Waals surface area contributed by atoms with Crippen molar-refractivity contribution in [2.24, 2.45) is 0 Å². The highest BCUT2D eigenvalue weighted by Crippen LogP contribution is 2.44. The Morgan fingerprint density at radius 1 is 1.16 bits per heavy atom. The van der Waals surface area contributed by atoms with Crippen molar-refractivity contribution < 1.29 is 23.8 Å². The van der Waals surface area contributed by atoms with Crippen LogP contribution in [0.25, 0.3) is 0 Å². The number of nitriles is 1. The number of nitrogens with one attached hydrogen (secondary N) is 2. The molecule has 0 saturated carbocycles. The monoisotopic (exact) mass is 453 g/mol. The van der Waals surface area contributed by atoms with E-state index in [1.54, 1.807) is 24.3 Å². The lowest BCUT2D eigenvalue weighted by Gasteiger charge is -2.26. The SMILES string of the molecule is COc1cc([C@@H]2CC(=O)NC(SCC(=O)Nc3ccccc3)=C2C#N)cc(OC)c1OC. The van der Waals surface area contributed by atoms with Crippen LogP contribution in [-0.2, 0) is 9.59 Å². The average Bonchev–Trinajstić information content (AvgIpc) is 2.81. The number of thioether (sulfide) groups is 1. The van der Waals surface area contributed by atoms with Crippen LogP contribution in [0.4, 0.5) is 5.69 Å². The standard InChI is InChI=1S/C23H23N3O5S/c1-29-18-9-14(10-19(30-2)22(18)31-3)16-11-20(27)26-23(17(16)12-24)32-13-21(28)25-15-7-5-4-6-8-15/h4-10,16H,11,13H2,1-3H3,(H,25,28)(H,26,27)/t16-/m0/s1. The predicted octanol–water partition coefficient (Wildman–Crippen LogP) is 3.42. The van der Waals surface area contributed by atoms with Crippen LogP contribution in [0, 0.1) is 11.3 Å². The fourth-order valence-electron chi connectivity index (χ4n) is 3.38. The number of rotatable bonds is 8. The molecule has 1 aliphatic heterocycles. The summed E-state index contributed by atoms with van der Waals surface area (Å²) in [5.41, 5.74) is 1.73. The highest BCUT2D eigenvalue weighted by molar-refractivity contribution is 8.03. The van der Waals surface area contributed by atoms with Crippen LogP contribution in [0.3, 0.4) is 0 Å². The van der Waals surface area contributed by atoms with Gasteiger partial charge in [0.05, 0.1) is 43.8 Å². The maximum atomic E-state index is 12.4. The number of anilines is 1. The molecule has 0 fully saturated rings. The van der Waals surface area contributed by atoms with Crippen molar-refractivity contribution in [2.45, 2.75) is 12.3 Å². The number of benzene rings is 2. The van der Waals surface area contributed by atoms with E-state index >= 15 is 0 Å². The zero-order valence-corrected chi connectivity index (χ0v) is 18.7. The maximum Gasteiger partial charge on any atom is 0.234 e. The zero-order chi connectivity index (χ0) is 23.1. The van der Waals surface area contributed by atoms with E-state index in [0.29, 0.717) is 39.1 Å². The summed E-state index contributed by atoms with van der Waals surface area (Å²) in [6.07, 6.45) is 0.0851. The molecular formula is C23H23N3O5S.